The average Bonchev–Trinajstić information content (AvgIpc) is 2.73. The number of hydrogen-bond acceptors (Lipinski definition) is 7. The van der Waals surface area contributed by atoms with Crippen molar-refractivity contribution >= 4 is 38.3 Å². The van der Waals surface area contributed by atoms with E-state index in [1.807, 2.05) is 36.9 Å². The lowest BCUT2D eigenvalue weighted by molar-refractivity contribution is -0.00550. The fourth-order valence-electron chi connectivity index (χ4n) is 3.80. The van der Waals surface area contributed by atoms with Gasteiger partial charge in [0.05, 0.1) is 34.2 Å². The molecule has 4 rings (SSSR count). The van der Waals surface area contributed by atoms with E-state index in [4.69, 9.17) is 21.3 Å². The number of anilines is 1. The van der Waals surface area contributed by atoms with Crippen LogP contribution in [-0.4, -0.2) is 43.7 Å². The maximum atomic E-state index is 13.4. The molecule has 0 unspecified atom stereocenters. The predicted molar refractivity (Wildman–Crippen MR) is 119 cm³/mol. The number of benzene rings is 2. The number of nitrogens with zero attached hydrogens (tertiary/aromatic N) is 4. The Morgan fingerprint density at radius 3 is 2.23 bits per heavy atom. The van der Waals surface area contributed by atoms with Crippen molar-refractivity contribution in [2.45, 2.75) is 36.2 Å². The molecular weight excluding hydrogens is 436 g/mol. The normalized spacial score (nSPS) is 20.4. The molecule has 0 aliphatic carbocycles. The first-order valence-corrected chi connectivity index (χ1v) is 11.8. The van der Waals surface area contributed by atoms with Crippen LogP contribution in [0.3, 0.4) is 0 Å². The number of rotatable bonds is 4. The summed E-state index contributed by atoms with van der Waals surface area (Å²) < 4.78 is 32.6. The summed E-state index contributed by atoms with van der Waals surface area (Å²) in [5.41, 5.74) is 1.29. The molecule has 2 heterocycles. The van der Waals surface area contributed by atoms with Crippen LogP contribution in [0.15, 0.2) is 53.4 Å². The van der Waals surface area contributed by atoms with Crippen molar-refractivity contribution in [1.82, 2.24) is 9.97 Å². The SMILES string of the molecule is C[C@@H]1CN(c2nc3ccccc3nc2[C@@H](C#N)S(=O)(=O)c2ccc(Cl)cc2)C[C@H](C)O1. The monoisotopic (exact) mass is 456 g/mol. The van der Waals surface area contributed by atoms with E-state index in [-0.39, 0.29) is 22.8 Å². The van der Waals surface area contributed by atoms with Crippen LogP contribution >= 0.6 is 11.6 Å². The highest BCUT2D eigenvalue weighted by atomic mass is 35.5. The molecule has 1 aliphatic rings. The molecular formula is C22H21ClN4O3S. The number of para-hydroxylation sites is 2. The molecule has 160 valence electrons. The van der Waals surface area contributed by atoms with Crippen molar-refractivity contribution < 1.29 is 13.2 Å². The molecule has 9 heteroatoms. The number of morpholine rings is 1. The quantitative estimate of drug-likeness (QED) is 0.586. The van der Waals surface area contributed by atoms with E-state index in [0.717, 1.165) is 0 Å². The highest BCUT2D eigenvalue weighted by molar-refractivity contribution is 7.92. The summed E-state index contributed by atoms with van der Waals surface area (Å²) in [5, 5.41) is 8.86. The van der Waals surface area contributed by atoms with Gasteiger partial charge in [0.15, 0.2) is 11.1 Å². The molecule has 2 aromatic carbocycles. The molecule has 1 aliphatic heterocycles. The number of fused-ring (bicyclic) bond motifs is 1. The summed E-state index contributed by atoms with van der Waals surface area (Å²) in [6.07, 6.45) is -0.142. The van der Waals surface area contributed by atoms with Crippen LogP contribution in [0.5, 0.6) is 0 Å². The summed E-state index contributed by atoms with van der Waals surface area (Å²) >= 11 is 5.91. The number of nitriles is 1. The van der Waals surface area contributed by atoms with E-state index >= 15 is 0 Å². The molecule has 0 N–H and O–H groups in total. The minimum atomic E-state index is -4.06. The van der Waals surface area contributed by atoms with E-state index in [9.17, 15) is 13.7 Å². The fourth-order valence-corrected chi connectivity index (χ4v) is 5.31. The van der Waals surface area contributed by atoms with E-state index in [1.54, 1.807) is 12.1 Å². The fraction of sp³-hybridized carbons (Fsp3) is 0.318. The first kappa shape index (κ1) is 21.5. The lowest BCUT2D eigenvalue weighted by Crippen LogP contribution is -2.46. The van der Waals surface area contributed by atoms with E-state index < -0.39 is 15.1 Å². The average molecular weight is 457 g/mol. The summed E-state index contributed by atoms with van der Waals surface area (Å²) in [4.78, 5) is 11.3. The summed E-state index contributed by atoms with van der Waals surface area (Å²) in [5.74, 6) is 0.393. The molecule has 31 heavy (non-hydrogen) atoms. The van der Waals surface area contributed by atoms with Crippen LogP contribution in [0.2, 0.25) is 5.02 Å². The summed E-state index contributed by atoms with van der Waals surface area (Å²) in [6.45, 7) is 4.93. The number of aromatic nitrogens is 2. The van der Waals surface area contributed by atoms with Gasteiger partial charge in [-0.25, -0.2) is 18.4 Å². The van der Waals surface area contributed by atoms with Gasteiger partial charge in [0.1, 0.15) is 5.69 Å². The molecule has 1 fully saturated rings. The second-order valence-electron chi connectivity index (χ2n) is 7.59. The lowest BCUT2D eigenvalue weighted by atomic mass is 10.2. The van der Waals surface area contributed by atoms with Crippen LogP contribution in [0.25, 0.3) is 11.0 Å². The molecule has 0 saturated carbocycles. The molecule has 7 nitrogen and oxygen atoms in total. The first-order chi connectivity index (χ1) is 14.8. The minimum absolute atomic E-state index is 0.00747. The highest BCUT2D eigenvalue weighted by Crippen LogP contribution is 2.35. The first-order valence-electron chi connectivity index (χ1n) is 9.85. The summed E-state index contributed by atoms with van der Waals surface area (Å²) in [7, 11) is -4.06. The van der Waals surface area contributed by atoms with Crippen molar-refractivity contribution in [3.8, 4) is 6.07 Å². The van der Waals surface area contributed by atoms with Gasteiger partial charge < -0.3 is 9.64 Å². The third-order valence-electron chi connectivity index (χ3n) is 5.12. The van der Waals surface area contributed by atoms with Gasteiger partial charge in [0.2, 0.25) is 9.84 Å². The lowest BCUT2D eigenvalue weighted by Gasteiger charge is -2.37. The Kier molecular flexibility index (Phi) is 5.84. The topological polar surface area (TPSA) is 96.2 Å². The number of hydrogen-bond donors (Lipinski definition) is 0. The molecule has 3 aromatic rings. The summed E-state index contributed by atoms with van der Waals surface area (Å²) in [6, 6.07) is 14.9. The zero-order valence-electron chi connectivity index (χ0n) is 17.1. The van der Waals surface area contributed by atoms with E-state index in [1.165, 1.54) is 24.3 Å². The Labute approximate surface area is 186 Å². The molecule has 3 atom stereocenters. The van der Waals surface area contributed by atoms with Crippen LogP contribution in [0.1, 0.15) is 24.8 Å². The van der Waals surface area contributed by atoms with Crippen molar-refractivity contribution in [2.75, 3.05) is 18.0 Å². The van der Waals surface area contributed by atoms with Crippen LogP contribution in [0.4, 0.5) is 5.82 Å². The smallest absolute Gasteiger partial charge is 0.200 e. The van der Waals surface area contributed by atoms with Crippen molar-refractivity contribution in [3.63, 3.8) is 0 Å². The Morgan fingerprint density at radius 1 is 1.06 bits per heavy atom. The Balaban J connectivity index is 1.90. The second-order valence-corrected chi connectivity index (χ2v) is 10.1. The largest absolute Gasteiger partial charge is 0.372 e. The van der Waals surface area contributed by atoms with Crippen LogP contribution < -0.4 is 4.90 Å². The Hall–Kier alpha value is -2.73. The maximum Gasteiger partial charge on any atom is 0.200 e. The highest BCUT2D eigenvalue weighted by Gasteiger charge is 2.36. The minimum Gasteiger partial charge on any atom is -0.372 e. The number of sulfone groups is 1. The molecule has 0 bridgehead atoms. The van der Waals surface area contributed by atoms with Gasteiger partial charge in [-0.05, 0) is 50.2 Å². The van der Waals surface area contributed by atoms with E-state index in [2.05, 4.69) is 4.98 Å². The van der Waals surface area contributed by atoms with Crippen LogP contribution in [0, 0.1) is 11.3 Å². The number of ether oxygens (including phenoxy) is 1. The third-order valence-corrected chi connectivity index (χ3v) is 7.25. The Morgan fingerprint density at radius 2 is 1.65 bits per heavy atom. The molecule has 1 saturated heterocycles. The predicted octanol–water partition coefficient (Wildman–Crippen LogP) is 3.94. The third kappa shape index (κ3) is 4.22. The second kappa shape index (κ2) is 8.42. The maximum absolute atomic E-state index is 13.4. The van der Waals surface area contributed by atoms with Crippen molar-refractivity contribution in [2.24, 2.45) is 0 Å². The van der Waals surface area contributed by atoms with Crippen LogP contribution in [-0.2, 0) is 14.6 Å². The van der Waals surface area contributed by atoms with Gasteiger partial charge in [-0.1, -0.05) is 23.7 Å². The van der Waals surface area contributed by atoms with Gasteiger partial charge in [-0.2, -0.15) is 5.26 Å². The van der Waals surface area contributed by atoms with Gasteiger partial charge in [-0.15, -0.1) is 0 Å². The Bertz CT molecular complexity index is 1250. The zero-order chi connectivity index (χ0) is 22.2. The molecule has 1 aromatic heterocycles. The van der Waals surface area contributed by atoms with Crippen molar-refractivity contribution in [3.05, 3.63) is 59.2 Å². The van der Waals surface area contributed by atoms with Crippen molar-refractivity contribution in [1.29, 1.82) is 5.26 Å². The van der Waals surface area contributed by atoms with Gasteiger partial charge in [0, 0.05) is 18.1 Å². The zero-order valence-corrected chi connectivity index (χ0v) is 18.6. The molecule has 0 radical (unpaired) electrons. The molecule has 0 amide bonds. The number of halogens is 1. The van der Waals surface area contributed by atoms with Gasteiger partial charge in [-0.3, -0.25) is 0 Å². The standard InChI is InChI=1S/C22H21ClN4O3S/c1-14-12-27(13-15(2)30-14)22-21(25-18-5-3-4-6-19(18)26-22)20(11-24)31(28,29)17-9-7-16(23)8-10-17/h3-10,14-15,20H,12-13H2,1-2H3/t14-,15+,20-/m1/s1. The van der Waals surface area contributed by atoms with E-state index in [0.29, 0.717) is 35.0 Å². The molecule has 0 spiro atoms. The van der Waals surface area contributed by atoms with Gasteiger partial charge in [0.25, 0.3) is 0 Å². The van der Waals surface area contributed by atoms with Gasteiger partial charge >= 0.3 is 0 Å².